The number of anilines is 1. The molecule has 1 N–H and O–H groups in total. The molecule has 8 nitrogen and oxygen atoms in total. The lowest BCUT2D eigenvalue weighted by Gasteiger charge is -2.48. The van der Waals surface area contributed by atoms with Crippen molar-refractivity contribution in [3.05, 3.63) is 96.0 Å². The molecule has 0 unspecified atom stereocenters. The van der Waals surface area contributed by atoms with Crippen LogP contribution in [0.4, 0.5) is 5.69 Å². The van der Waals surface area contributed by atoms with E-state index in [4.69, 9.17) is 27.9 Å². The highest BCUT2D eigenvalue weighted by Gasteiger charge is 2.43. The van der Waals surface area contributed by atoms with E-state index in [2.05, 4.69) is 42.4 Å². The van der Waals surface area contributed by atoms with Crippen LogP contribution in [0.15, 0.2) is 36.4 Å². The Bertz CT molecular complexity index is 2410. The summed E-state index contributed by atoms with van der Waals surface area (Å²) < 4.78 is 46.5. The number of allylic oxidation sites excluding steroid dienone is 1. The van der Waals surface area contributed by atoms with Gasteiger partial charge in [-0.3, -0.25) is 0 Å². The molecule has 0 saturated heterocycles. The van der Waals surface area contributed by atoms with Crippen molar-refractivity contribution in [2.24, 2.45) is 0 Å². The van der Waals surface area contributed by atoms with Crippen molar-refractivity contribution in [1.29, 1.82) is 0 Å². The maximum atomic E-state index is 13.0. The molecule has 0 bridgehead atoms. The fraction of sp³-hybridized carbons (Fsp3) is 0.385. The molecule has 0 spiro atoms. The minimum absolute atomic E-state index is 0.0469. The van der Waals surface area contributed by atoms with Crippen LogP contribution in [0.1, 0.15) is 97.6 Å². The second-order valence-corrected chi connectivity index (χ2v) is 17.2. The number of nitrogens with zero attached hydrogens (tertiary/aromatic N) is 2. The van der Waals surface area contributed by atoms with Crippen molar-refractivity contribution in [1.82, 2.24) is 4.58 Å². The van der Waals surface area contributed by atoms with Crippen molar-refractivity contribution < 1.29 is 27.6 Å². The molecular weight excluding hydrogens is 695 g/mol. The van der Waals surface area contributed by atoms with Gasteiger partial charge in [-0.25, -0.2) is 17.8 Å². The number of benzene rings is 3. The highest BCUT2D eigenvalue weighted by Crippen LogP contribution is 2.53. The van der Waals surface area contributed by atoms with Gasteiger partial charge in [-0.1, -0.05) is 36.2 Å². The van der Waals surface area contributed by atoms with Gasteiger partial charge in [-0.2, -0.15) is 0 Å². The molecule has 8 rings (SSSR count). The minimum atomic E-state index is -4.64. The number of fused-ring (bicyclic) bond motifs is 4. The molecule has 3 aromatic carbocycles. The lowest BCUT2D eigenvalue weighted by Crippen LogP contribution is -2.53. The summed E-state index contributed by atoms with van der Waals surface area (Å²) in [5.41, 5.74) is 6.65. The van der Waals surface area contributed by atoms with Crippen molar-refractivity contribution in [2.75, 3.05) is 23.7 Å². The molecule has 5 aliphatic heterocycles. The predicted octanol–water partition coefficient (Wildman–Crippen LogP) is 6.54. The van der Waals surface area contributed by atoms with Crippen molar-refractivity contribution in [3.63, 3.8) is 0 Å². The van der Waals surface area contributed by atoms with Gasteiger partial charge >= 0.3 is 5.97 Å². The van der Waals surface area contributed by atoms with Gasteiger partial charge in [0.2, 0.25) is 5.36 Å². The molecule has 260 valence electrons. The number of carboxylic acids is 1. The molecule has 3 aromatic rings. The largest absolute Gasteiger partial charge is 0.748 e. The molecule has 50 heavy (non-hydrogen) atoms. The van der Waals surface area contributed by atoms with Crippen LogP contribution in [0, 0.1) is 0 Å². The number of carbonyl (C=O) groups is 1. The second kappa shape index (κ2) is 11.2. The molecule has 0 fully saturated rings. The van der Waals surface area contributed by atoms with E-state index in [0.717, 1.165) is 66.5 Å². The molecule has 0 aliphatic carbocycles. The third-order valence-corrected chi connectivity index (χ3v) is 12.3. The lowest BCUT2D eigenvalue weighted by molar-refractivity contribution is 0.0696. The Morgan fingerprint density at radius 2 is 1.70 bits per heavy atom. The summed E-state index contributed by atoms with van der Waals surface area (Å²) in [6.45, 7) is 12.3. The number of rotatable bonds is 5. The van der Waals surface area contributed by atoms with E-state index in [1.807, 2.05) is 26.0 Å². The standard InChI is InChI=1S/C39H38Cl2N2O6S/c1-6-20-17-38(2,3)42-13-7-9-22-33(42)24(20)15-26-30(31-28(40)11-12-29(41)32(31)37(44)45)27-16-25-21(19-50(46,47)48)18-39(4,5)43-14-8-10-23(34(25)43)36(27)49-35(22)26/h11-12,15-18H,6-10,13-14,19H2,1-5H3,(H-,44,45,46,47,48). The highest BCUT2D eigenvalue weighted by molar-refractivity contribution is 7.86. The Morgan fingerprint density at radius 3 is 2.40 bits per heavy atom. The van der Waals surface area contributed by atoms with Crippen LogP contribution in [0.5, 0.6) is 11.5 Å². The van der Waals surface area contributed by atoms with Crippen LogP contribution in [0.2, 0.25) is 10.0 Å². The van der Waals surface area contributed by atoms with Crippen LogP contribution in [0.25, 0.3) is 16.7 Å². The monoisotopic (exact) mass is 732 g/mol. The van der Waals surface area contributed by atoms with E-state index in [-0.39, 0.29) is 26.7 Å². The first-order chi connectivity index (χ1) is 23.5. The van der Waals surface area contributed by atoms with Crippen molar-refractivity contribution >= 4 is 61.7 Å². The summed E-state index contributed by atoms with van der Waals surface area (Å²) in [6.07, 6.45) is 8.16. The van der Waals surface area contributed by atoms with E-state index in [1.54, 1.807) is 6.07 Å². The SMILES string of the molecule is CCC1=CC(C)(C)[N+]2=c3c1cc1c(c3CCC2)Oc2c(cc3c4c2CCCN4C(C)(C)C=C3CS(=O)(=O)[O-])C=1c1c(Cl)ccc(Cl)c1C(=O)O. The molecular formula is C39H38Cl2N2O6S. The number of halogens is 2. The number of carboxylic acid groups (broad SMARTS) is 1. The van der Waals surface area contributed by atoms with Crippen LogP contribution in [-0.2, 0) is 23.0 Å². The maximum Gasteiger partial charge on any atom is 0.337 e. The van der Waals surface area contributed by atoms with Crippen molar-refractivity contribution in [2.45, 2.75) is 77.8 Å². The average Bonchev–Trinajstić information content (AvgIpc) is 3.04. The highest BCUT2D eigenvalue weighted by atomic mass is 35.5. The zero-order valence-electron chi connectivity index (χ0n) is 28.7. The van der Waals surface area contributed by atoms with Gasteiger partial charge in [-0.15, -0.1) is 0 Å². The van der Waals surface area contributed by atoms with Crippen LogP contribution in [-0.4, -0.2) is 54.0 Å². The molecule has 11 heteroatoms. The molecule has 0 aromatic heterocycles. The fourth-order valence-electron chi connectivity index (χ4n) is 9.09. The van der Waals surface area contributed by atoms with Gasteiger partial charge in [0.1, 0.15) is 18.0 Å². The first-order valence-corrected chi connectivity index (χ1v) is 19.5. The van der Waals surface area contributed by atoms with Crippen LogP contribution < -0.4 is 24.8 Å². The second-order valence-electron chi connectivity index (χ2n) is 15.0. The molecule has 5 heterocycles. The molecule has 0 radical (unpaired) electrons. The van der Waals surface area contributed by atoms with Gasteiger partial charge in [0.25, 0.3) is 0 Å². The van der Waals surface area contributed by atoms with Crippen LogP contribution >= 0.6 is 23.2 Å². The van der Waals surface area contributed by atoms with Crippen molar-refractivity contribution in [3.8, 4) is 11.5 Å². The first kappa shape index (κ1) is 33.5. The number of hydrogen-bond donors (Lipinski definition) is 1. The summed E-state index contributed by atoms with van der Waals surface area (Å²) >= 11 is 13.7. The van der Waals surface area contributed by atoms with E-state index >= 15 is 0 Å². The molecule has 0 amide bonds. The average molecular weight is 734 g/mol. The van der Waals surface area contributed by atoms with Gasteiger partial charge < -0.3 is 19.3 Å². The minimum Gasteiger partial charge on any atom is -0.748 e. The zero-order valence-corrected chi connectivity index (χ0v) is 31.0. The number of aromatic carboxylic acids is 1. The Kier molecular flexibility index (Phi) is 7.50. The Labute approximate surface area is 301 Å². The lowest BCUT2D eigenvalue weighted by atomic mass is 9.78. The third kappa shape index (κ3) is 4.91. The van der Waals surface area contributed by atoms with Gasteiger partial charge in [0.05, 0.1) is 48.8 Å². The van der Waals surface area contributed by atoms with E-state index < -0.39 is 27.4 Å². The van der Waals surface area contributed by atoms with Gasteiger partial charge in [0.15, 0.2) is 5.54 Å². The van der Waals surface area contributed by atoms with Gasteiger partial charge in [-0.05, 0) is 81.0 Å². The van der Waals surface area contributed by atoms with E-state index in [0.29, 0.717) is 45.4 Å². The summed E-state index contributed by atoms with van der Waals surface area (Å²) in [5, 5.41) is 12.7. The zero-order chi connectivity index (χ0) is 35.7. The Hall–Kier alpha value is -3.63. The number of ether oxygens (including phenoxy) is 1. The summed E-state index contributed by atoms with van der Waals surface area (Å²) in [5.74, 6) is -0.617. The topological polar surface area (TPSA) is 110 Å². The first-order valence-electron chi connectivity index (χ1n) is 17.1. The van der Waals surface area contributed by atoms with Crippen LogP contribution in [0.3, 0.4) is 0 Å². The van der Waals surface area contributed by atoms with E-state index in [1.165, 1.54) is 11.6 Å². The summed E-state index contributed by atoms with van der Waals surface area (Å²) in [4.78, 5) is 15.3. The Balaban J connectivity index is 1.59. The normalized spacial score (nSPS) is 19.4. The molecule has 0 saturated carbocycles. The summed E-state index contributed by atoms with van der Waals surface area (Å²) in [7, 11) is -4.64. The van der Waals surface area contributed by atoms with Gasteiger partial charge in [0, 0.05) is 64.9 Å². The Morgan fingerprint density at radius 1 is 0.980 bits per heavy atom. The molecule has 5 aliphatic rings. The quantitative estimate of drug-likeness (QED) is 0.183. The third-order valence-electron chi connectivity index (χ3n) is 11.0. The fourth-order valence-corrected chi connectivity index (χ4v) is 10.2. The maximum absolute atomic E-state index is 13.0. The molecule has 0 atom stereocenters. The predicted molar refractivity (Wildman–Crippen MR) is 196 cm³/mol. The smallest absolute Gasteiger partial charge is 0.337 e. The summed E-state index contributed by atoms with van der Waals surface area (Å²) in [6, 6.07) is 7.08. The number of hydrogen-bond acceptors (Lipinski definition) is 6. The van der Waals surface area contributed by atoms with E-state index in [9.17, 15) is 22.9 Å².